The summed E-state index contributed by atoms with van der Waals surface area (Å²) in [6, 6.07) is 4.28. The lowest BCUT2D eigenvalue weighted by Gasteiger charge is -2.31. The number of aryl methyl sites for hydroxylation is 1. The minimum Gasteiger partial charge on any atom is -0.464 e. The number of hydrogen-bond acceptors (Lipinski definition) is 4. The third-order valence-corrected chi connectivity index (χ3v) is 3.92. The molecule has 2 rings (SSSR count). The van der Waals surface area contributed by atoms with Crippen molar-refractivity contribution in [2.45, 2.75) is 32.2 Å². The van der Waals surface area contributed by atoms with Crippen LogP contribution in [0.1, 0.15) is 37.3 Å². The van der Waals surface area contributed by atoms with E-state index < -0.39 is 0 Å². The molecule has 1 saturated heterocycles. The molecule has 0 radical (unpaired) electrons. The Kier molecular flexibility index (Phi) is 5.43. The summed E-state index contributed by atoms with van der Waals surface area (Å²) in [7, 11) is 2.13. The first kappa shape index (κ1) is 14.6. The summed E-state index contributed by atoms with van der Waals surface area (Å²) in [6.07, 6.45) is 3.35. The van der Waals surface area contributed by atoms with Gasteiger partial charge < -0.3 is 14.9 Å². The summed E-state index contributed by atoms with van der Waals surface area (Å²) in [5, 5.41) is 0. The zero-order chi connectivity index (χ0) is 13.7. The van der Waals surface area contributed by atoms with Crippen molar-refractivity contribution in [3.63, 3.8) is 0 Å². The predicted octanol–water partition coefficient (Wildman–Crippen LogP) is 2.20. The van der Waals surface area contributed by atoms with Crippen molar-refractivity contribution in [2.24, 2.45) is 11.7 Å². The molecular formula is C15H26N2O2. The van der Waals surface area contributed by atoms with Crippen molar-refractivity contribution >= 4 is 0 Å². The van der Waals surface area contributed by atoms with Gasteiger partial charge >= 0.3 is 0 Å². The monoisotopic (exact) mass is 266 g/mol. The van der Waals surface area contributed by atoms with E-state index in [2.05, 4.69) is 31.0 Å². The lowest BCUT2D eigenvalue weighted by molar-refractivity contribution is 0.0349. The SMILES string of the molecule is CCc1ccc(C(CN)N(C)CC2CCCOC2)o1. The molecule has 2 atom stereocenters. The Morgan fingerprint density at radius 1 is 1.47 bits per heavy atom. The van der Waals surface area contributed by atoms with Crippen LogP contribution in [0, 0.1) is 5.92 Å². The number of rotatable bonds is 6. The maximum Gasteiger partial charge on any atom is 0.122 e. The van der Waals surface area contributed by atoms with E-state index in [1.807, 2.05) is 0 Å². The van der Waals surface area contributed by atoms with E-state index >= 15 is 0 Å². The summed E-state index contributed by atoms with van der Waals surface area (Å²) in [6.45, 7) is 5.49. The topological polar surface area (TPSA) is 51.6 Å². The van der Waals surface area contributed by atoms with Gasteiger partial charge in [-0.15, -0.1) is 0 Å². The Hall–Kier alpha value is -0.840. The Morgan fingerprint density at radius 3 is 2.89 bits per heavy atom. The lowest BCUT2D eigenvalue weighted by atomic mass is 10.0. The third kappa shape index (κ3) is 3.81. The lowest BCUT2D eigenvalue weighted by Crippen LogP contribution is -2.36. The van der Waals surface area contributed by atoms with Crippen LogP contribution in [0.15, 0.2) is 16.5 Å². The first-order valence-corrected chi connectivity index (χ1v) is 7.31. The maximum atomic E-state index is 5.93. The van der Waals surface area contributed by atoms with Gasteiger partial charge in [0.1, 0.15) is 11.5 Å². The zero-order valence-corrected chi connectivity index (χ0v) is 12.1. The zero-order valence-electron chi connectivity index (χ0n) is 12.1. The van der Waals surface area contributed by atoms with Crippen LogP contribution in [-0.2, 0) is 11.2 Å². The van der Waals surface area contributed by atoms with Crippen LogP contribution in [0.2, 0.25) is 0 Å². The molecule has 0 amide bonds. The van der Waals surface area contributed by atoms with Crippen LogP contribution in [0.25, 0.3) is 0 Å². The van der Waals surface area contributed by atoms with Crippen molar-refractivity contribution in [3.05, 3.63) is 23.7 Å². The normalized spacial score (nSPS) is 21.8. The van der Waals surface area contributed by atoms with Crippen molar-refractivity contribution in [1.82, 2.24) is 4.90 Å². The van der Waals surface area contributed by atoms with Crippen molar-refractivity contribution in [1.29, 1.82) is 0 Å². The van der Waals surface area contributed by atoms with Crippen molar-refractivity contribution in [2.75, 3.05) is 33.4 Å². The average Bonchev–Trinajstić information content (AvgIpc) is 2.89. The molecule has 4 nitrogen and oxygen atoms in total. The molecule has 19 heavy (non-hydrogen) atoms. The standard InChI is InChI=1S/C15H26N2O2/c1-3-13-6-7-15(19-13)14(9-16)17(2)10-12-5-4-8-18-11-12/h6-7,12,14H,3-5,8-11,16H2,1-2H3. The molecule has 2 heterocycles. The Morgan fingerprint density at radius 2 is 2.32 bits per heavy atom. The second-order valence-electron chi connectivity index (χ2n) is 5.43. The van der Waals surface area contributed by atoms with E-state index in [1.165, 1.54) is 12.8 Å². The number of hydrogen-bond donors (Lipinski definition) is 1. The molecule has 0 aromatic carbocycles. The summed E-state index contributed by atoms with van der Waals surface area (Å²) >= 11 is 0. The van der Waals surface area contributed by atoms with E-state index in [4.69, 9.17) is 14.9 Å². The van der Waals surface area contributed by atoms with Gasteiger partial charge in [-0.3, -0.25) is 4.90 Å². The molecule has 1 aliphatic heterocycles. The second kappa shape index (κ2) is 7.08. The van der Waals surface area contributed by atoms with E-state index in [1.54, 1.807) is 0 Å². The van der Waals surface area contributed by atoms with E-state index in [9.17, 15) is 0 Å². The molecule has 2 N–H and O–H groups in total. The second-order valence-corrected chi connectivity index (χ2v) is 5.43. The number of furan rings is 1. The predicted molar refractivity (Wildman–Crippen MR) is 76.1 cm³/mol. The fraction of sp³-hybridized carbons (Fsp3) is 0.733. The number of nitrogens with zero attached hydrogens (tertiary/aromatic N) is 1. The first-order valence-electron chi connectivity index (χ1n) is 7.31. The smallest absolute Gasteiger partial charge is 0.122 e. The van der Waals surface area contributed by atoms with Crippen LogP contribution >= 0.6 is 0 Å². The quantitative estimate of drug-likeness (QED) is 0.857. The minimum atomic E-state index is 0.169. The maximum absolute atomic E-state index is 5.93. The highest BCUT2D eigenvalue weighted by Gasteiger charge is 2.23. The van der Waals surface area contributed by atoms with Gasteiger partial charge in [0.15, 0.2) is 0 Å². The fourth-order valence-electron chi connectivity index (χ4n) is 2.76. The van der Waals surface area contributed by atoms with Gasteiger partial charge in [-0.05, 0) is 37.9 Å². The molecule has 0 spiro atoms. The molecule has 4 heteroatoms. The molecule has 0 saturated carbocycles. The molecule has 2 unspecified atom stereocenters. The molecule has 108 valence electrons. The number of ether oxygens (including phenoxy) is 1. The van der Waals surface area contributed by atoms with Gasteiger partial charge in [-0.2, -0.15) is 0 Å². The van der Waals surface area contributed by atoms with Crippen LogP contribution < -0.4 is 5.73 Å². The average molecular weight is 266 g/mol. The van der Waals surface area contributed by atoms with Crippen LogP contribution in [0.5, 0.6) is 0 Å². The van der Waals surface area contributed by atoms with Gasteiger partial charge in [-0.1, -0.05) is 6.92 Å². The summed E-state index contributed by atoms with van der Waals surface area (Å²) < 4.78 is 11.4. The number of nitrogens with two attached hydrogens (primary N) is 1. The van der Waals surface area contributed by atoms with Crippen molar-refractivity contribution < 1.29 is 9.15 Å². The Balaban J connectivity index is 1.95. The highest BCUT2D eigenvalue weighted by Crippen LogP contribution is 2.24. The highest BCUT2D eigenvalue weighted by molar-refractivity contribution is 5.11. The fourth-order valence-corrected chi connectivity index (χ4v) is 2.76. The molecule has 0 aliphatic carbocycles. The summed E-state index contributed by atoms with van der Waals surface area (Å²) in [4.78, 5) is 2.30. The molecule has 1 aliphatic rings. The Labute approximate surface area is 115 Å². The summed E-state index contributed by atoms with van der Waals surface area (Å²) in [5.74, 6) is 2.63. The molecular weight excluding hydrogens is 240 g/mol. The van der Waals surface area contributed by atoms with Gasteiger partial charge in [0.05, 0.1) is 12.6 Å². The Bertz CT molecular complexity index is 372. The van der Waals surface area contributed by atoms with Crippen LogP contribution in [-0.4, -0.2) is 38.3 Å². The molecule has 1 aromatic heterocycles. The number of likely N-dealkylation sites (N-methyl/N-ethyl adjacent to an activating group) is 1. The van der Waals surface area contributed by atoms with Gasteiger partial charge in [0, 0.05) is 26.1 Å². The van der Waals surface area contributed by atoms with E-state index in [0.29, 0.717) is 12.5 Å². The van der Waals surface area contributed by atoms with Crippen LogP contribution in [0.3, 0.4) is 0 Å². The molecule has 1 fully saturated rings. The van der Waals surface area contributed by atoms with E-state index in [0.717, 1.165) is 37.7 Å². The third-order valence-electron chi connectivity index (χ3n) is 3.92. The highest BCUT2D eigenvalue weighted by atomic mass is 16.5. The molecule has 0 bridgehead atoms. The minimum absolute atomic E-state index is 0.169. The van der Waals surface area contributed by atoms with Gasteiger partial charge in [-0.25, -0.2) is 0 Å². The summed E-state index contributed by atoms with van der Waals surface area (Å²) in [5.41, 5.74) is 5.93. The van der Waals surface area contributed by atoms with Crippen LogP contribution in [0.4, 0.5) is 0 Å². The van der Waals surface area contributed by atoms with Gasteiger partial charge in [0.2, 0.25) is 0 Å². The largest absolute Gasteiger partial charge is 0.464 e. The first-order chi connectivity index (χ1) is 9.24. The van der Waals surface area contributed by atoms with Gasteiger partial charge in [0.25, 0.3) is 0 Å². The molecule has 1 aromatic rings. The van der Waals surface area contributed by atoms with Crippen molar-refractivity contribution in [3.8, 4) is 0 Å². The van der Waals surface area contributed by atoms with E-state index in [-0.39, 0.29) is 6.04 Å².